The molecular weight excluding hydrogens is 280 g/mol. The number of rotatable bonds is 3. The van der Waals surface area contributed by atoms with Crippen molar-refractivity contribution in [3.05, 3.63) is 36.0 Å². The van der Waals surface area contributed by atoms with Crippen LogP contribution >= 0.6 is 0 Å². The van der Waals surface area contributed by atoms with E-state index >= 15 is 0 Å². The Labute approximate surface area is 130 Å². The van der Waals surface area contributed by atoms with Gasteiger partial charge in [0.05, 0.1) is 19.3 Å². The number of aryl methyl sites for hydroxylation is 2. The van der Waals surface area contributed by atoms with Crippen LogP contribution in [-0.2, 0) is 16.1 Å². The molecular formula is C17H22N2O3. The van der Waals surface area contributed by atoms with Gasteiger partial charge in [0.25, 0.3) is 0 Å². The minimum atomic E-state index is -0.583. The summed E-state index contributed by atoms with van der Waals surface area (Å²) in [5.74, 6) is 0.0710. The summed E-state index contributed by atoms with van der Waals surface area (Å²) < 4.78 is 7.44. The van der Waals surface area contributed by atoms with Crippen LogP contribution in [0.3, 0.4) is 0 Å². The molecule has 1 unspecified atom stereocenters. The molecule has 0 bridgehead atoms. The minimum Gasteiger partial charge on any atom is -0.389 e. The first-order chi connectivity index (χ1) is 10.6. The zero-order valence-electron chi connectivity index (χ0n) is 12.9. The lowest BCUT2D eigenvalue weighted by Crippen LogP contribution is -2.38. The predicted molar refractivity (Wildman–Crippen MR) is 84.7 cm³/mol. The Kier molecular flexibility index (Phi) is 4.45. The highest BCUT2D eigenvalue weighted by Crippen LogP contribution is 2.19. The number of nitrogens with zero attached hydrogens (tertiary/aromatic N) is 2. The molecule has 0 spiro atoms. The lowest BCUT2D eigenvalue weighted by molar-refractivity contribution is -0.132. The number of carbonyl (C=O) groups is 1. The van der Waals surface area contributed by atoms with Crippen molar-refractivity contribution in [1.29, 1.82) is 0 Å². The van der Waals surface area contributed by atoms with Gasteiger partial charge in [0.15, 0.2) is 0 Å². The largest absolute Gasteiger partial charge is 0.389 e. The third-order valence-corrected chi connectivity index (χ3v) is 4.17. The first kappa shape index (κ1) is 15.1. The second-order valence-electron chi connectivity index (χ2n) is 5.81. The Morgan fingerprint density at radius 1 is 1.41 bits per heavy atom. The summed E-state index contributed by atoms with van der Waals surface area (Å²) in [6.07, 6.45) is -0.146. The number of amides is 1. The number of aliphatic hydroxyl groups is 1. The fraction of sp³-hybridized carbons (Fsp3) is 0.471. The van der Waals surface area contributed by atoms with Gasteiger partial charge in [0.2, 0.25) is 5.91 Å². The van der Waals surface area contributed by atoms with E-state index in [1.165, 1.54) is 5.39 Å². The van der Waals surface area contributed by atoms with Gasteiger partial charge in [-0.05, 0) is 24.4 Å². The van der Waals surface area contributed by atoms with Crippen LogP contribution in [0.2, 0.25) is 0 Å². The number of hydrogen-bond donors (Lipinski definition) is 1. The Hall–Kier alpha value is -1.85. The number of para-hydroxylation sites is 1. The highest BCUT2D eigenvalue weighted by molar-refractivity contribution is 5.81. The number of fused-ring (bicyclic) bond motifs is 1. The fourth-order valence-electron chi connectivity index (χ4n) is 3.03. The van der Waals surface area contributed by atoms with Gasteiger partial charge in [0.1, 0.15) is 0 Å². The van der Waals surface area contributed by atoms with E-state index in [9.17, 15) is 9.90 Å². The lowest BCUT2D eigenvalue weighted by atomic mass is 10.2. The molecule has 22 heavy (non-hydrogen) atoms. The van der Waals surface area contributed by atoms with Gasteiger partial charge in [0, 0.05) is 37.3 Å². The number of hydrogen-bond acceptors (Lipinski definition) is 3. The summed E-state index contributed by atoms with van der Waals surface area (Å²) in [6.45, 7) is 4.45. The standard InChI is InChI=1S/C17H22N2O3/c1-13-10-14-4-2-3-5-16(14)19(13)7-6-17(21)18-8-9-22-12-15(20)11-18/h2-5,10,15,20H,6-9,11-12H2,1H3. The molecule has 1 fully saturated rings. The molecule has 1 aliphatic heterocycles. The van der Waals surface area contributed by atoms with E-state index in [1.54, 1.807) is 4.90 Å². The highest BCUT2D eigenvalue weighted by atomic mass is 16.5. The second kappa shape index (κ2) is 6.50. The topological polar surface area (TPSA) is 54.7 Å². The molecule has 0 saturated carbocycles. The number of ether oxygens (including phenoxy) is 1. The van der Waals surface area contributed by atoms with Crippen LogP contribution in [0.5, 0.6) is 0 Å². The third kappa shape index (κ3) is 3.15. The SMILES string of the molecule is Cc1cc2ccccc2n1CCC(=O)N1CCOCC(O)C1. The molecule has 0 radical (unpaired) electrons. The first-order valence-electron chi connectivity index (χ1n) is 7.73. The molecule has 2 heterocycles. The van der Waals surface area contributed by atoms with Crippen LogP contribution in [-0.4, -0.2) is 52.9 Å². The minimum absolute atomic E-state index is 0.0710. The molecule has 1 aromatic heterocycles. The Bertz CT molecular complexity index is 665. The van der Waals surface area contributed by atoms with Crippen molar-refractivity contribution < 1.29 is 14.6 Å². The molecule has 1 saturated heterocycles. The monoisotopic (exact) mass is 302 g/mol. The summed E-state index contributed by atoms with van der Waals surface area (Å²) in [5.41, 5.74) is 2.32. The van der Waals surface area contributed by atoms with E-state index in [4.69, 9.17) is 4.74 Å². The quantitative estimate of drug-likeness (QED) is 0.936. The number of aliphatic hydroxyl groups excluding tert-OH is 1. The van der Waals surface area contributed by atoms with Gasteiger partial charge in [-0.2, -0.15) is 0 Å². The van der Waals surface area contributed by atoms with Crippen LogP contribution in [0.4, 0.5) is 0 Å². The molecule has 1 N–H and O–H groups in total. The summed E-state index contributed by atoms with van der Waals surface area (Å²) >= 11 is 0. The first-order valence-corrected chi connectivity index (χ1v) is 7.73. The van der Waals surface area contributed by atoms with Crippen molar-refractivity contribution in [2.75, 3.05) is 26.3 Å². The predicted octanol–water partition coefficient (Wildman–Crippen LogP) is 1.56. The Morgan fingerprint density at radius 3 is 3.09 bits per heavy atom. The van der Waals surface area contributed by atoms with Crippen molar-refractivity contribution >= 4 is 16.8 Å². The zero-order chi connectivity index (χ0) is 15.5. The molecule has 5 nitrogen and oxygen atoms in total. The summed E-state index contributed by atoms with van der Waals surface area (Å²) in [7, 11) is 0. The molecule has 1 aromatic carbocycles. The van der Waals surface area contributed by atoms with E-state index in [-0.39, 0.29) is 5.91 Å². The van der Waals surface area contributed by atoms with Crippen molar-refractivity contribution in [2.24, 2.45) is 0 Å². The van der Waals surface area contributed by atoms with Crippen molar-refractivity contribution in [1.82, 2.24) is 9.47 Å². The van der Waals surface area contributed by atoms with Gasteiger partial charge < -0.3 is 19.3 Å². The van der Waals surface area contributed by atoms with E-state index in [1.807, 2.05) is 12.1 Å². The average Bonchev–Trinajstić information content (AvgIpc) is 2.67. The molecule has 1 aliphatic rings. The summed E-state index contributed by atoms with van der Waals surface area (Å²) in [4.78, 5) is 14.1. The highest BCUT2D eigenvalue weighted by Gasteiger charge is 2.20. The molecule has 5 heteroatoms. The summed E-state index contributed by atoms with van der Waals surface area (Å²) in [6, 6.07) is 10.3. The molecule has 2 aromatic rings. The molecule has 118 valence electrons. The molecule has 1 amide bonds. The Morgan fingerprint density at radius 2 is 2.23 bits per heavy atom. The smallest absolute Gasteiger partial charge is 0.224 e. The van der Waals surface area contributed by atoms with E-state index in [0.717, 1.165) is 11.2 Å². The van der Waals surface area contributed by atoms with Gasteiger partial charge in [-0.3, -0.25) is 4.79 Å². The van der Waals surface area contributed by atoms with E-state index < -0.39 is 6.10 Å². The molecule has 0 aliphatic carbocycles. The average molecular weight is 302 g/mol. The summed E-state index contributed by atoms with van der Waals surface area (Å²) in [5, 5.41) is 10.9. The number of β-amino-alcohol motifs (C(OH)–C–C–N with tert-alkyl or cyclic N) is 1. The number of carbonyl (C=O) groups excluding carboxylic acids is 1. The maximum absolute atomic E-state index is 12.4. The number of benzene rings is 1. The maximum Gasteiger partial charge on any atom is 0.224 e. The second-order valence-corrected chi connectivity index (χ2v) is 5.81. The van der Waals surface area contributed by atoms with Crippen LogP contribution in [0.25, 0.3) is 10.9 Å². The normalized spacial score (nSPS) is 19.4. The fourth-order valence-corrected chi connectivity index (χ4v) is 3.03. The van der Waals surface area contributed by atoms with Gasteiger partial charge in [-0.15, -0.1) is 0 Å². The van der Waals surface area contributed by atoms with Gasteiger partial charge in [-0.25, -0.2) is 0 Å². The zero-order valence-corrected chi connectivity index (χ0v) is 12.9. The van der Waals surface area contributed by atoms with Crippen LogP contribution in [0.1, 0.15) is 12.1 Å². The van der Waals surface area contributed by atoms with Crippen molar-refractivity contribution in [2.45, 2.75) is 26.0 Å². The van der Waals surface area contributed by atoms with Gasteiger partial charge in [-0.1, -0.05) is 18.2 Å². The molecule has 1 atom stereocenters. The van der Waals surface area contributed by atoms with Crippen LogP contribution in [0.15, 0.2) is 30.3 Å². The van der Waals surface area contributed by atoms with E-state index in [0.29, 0.717) is 39.3 Å². The lowest BCUT2D eigenvalue weighted by Gasteiger charge is -2.21. The van der Waals surface area contributed by atoms with Crippen molar-refractivity contribution in [3.63, 3.8) is 0 Å². The van der Waals surface area contributed by atoms with Crippen LogP contribution < -0.4 is 0 Å². The Balaban J connectivity index is 1.68. The maximum atomic E-state index is 12.4. The third-order valence-electron chi connectivity index (χ3n) is 4.17. The van der Waals surface area contributed by atoms with Crippen molar-refractivity contribution in [3.8, 4) is 0 Å². The number of aromatic nitrogens is 1. The van der Waals surface area contributed by atoms with Crippen LogP contribution in [0, 0.1) is 6.92 Å². The van der Waals surface area contributed by atoms with Gasteiger partial charge >= 0.3 is 0 Å². The molecule has 3 rings (SSSR count). The van der Waals surface area contributed by atoms with E-state index in [2.05, 4.69) is 29.7 Å².